The van der Waals surface area contributed by atoms with Gasteiger partial charge in [-0.3, -0.25) is 0 Å². The van der Waals surface area contributed by atoms with E-state index in [1.165, 1.54) is 13.0 Å². The highest BCUT2D eigenvalue weighted by Crippen LogP contribution is 2.35. The van der Waals surface area contributed by atoms with Gasteiger partial charge < -0.3 is 9.84 Å². The second-order valence-electron chi connectivity index (χ2n) is 6.01. The molecule has 9 heteroatoms. The molecule has 0 saturated carbocycles. The minimum Gasteiger partial charge on any atom is -0.462 e. The summed E-state index contributed by atoms with van der Waals surface area (Å²) in [4.78, 5) is 16.2. The number of esters is 1. The van der Waals surface area contributed by atoms with Crippen molar-refractivity contribution in [3.05, 3.63) is 46.9 Å². The predicted molar refractivity (Wildman–Crippen MR) is 90.2 cm³/mol. The summed E-state index contributed by atoms with van der Waals surface area (Å²) in [7, 11) is 0. The molecule has 0 aromatic carbocycles. The lowest BCUT2D eigenvalue weighted by molar-refractivity contribution is -0.143. The van der Waals surface area contributed by atoms with E-state index in [1.54, 1.807) is 12.1 Å². The Morgan fingerprint density at radius 2 is 2.11 bits per heavy atom. The zero-order valence-corrected chi connectivity index (χ0v) is 14.6. The van der Waals surface area contributed by atoms with E-state index in [0.717, 1.165) is 30.2 Å². The van der Waals surface area contributed by atoms with Crippen LogP contribution in [0.5, 0.6) is 0 Å². The van der Waals surface area contributed by atoms with Gasteiger partial charge in [0, 0.05) is 0 Å². The number of rotatable bonds is 5. The summed E-state index contributed by atoms with van der Waals surface area (Å²) >= 11 is 0. The Hall–Kier alpha value is -2.68. The number of carbonyl (C=O) groups excluding carboxylic acids is 1. The zero-order chi connectivity index (χ0) is 19.6. The highest BCUT2D eigenvalue weighted by atomic mass is 19.4. The summed E-state index contributed by atoms with van der Waals surface area (Å²) in [5.74, 6) is -1.15. The smallest absolute Gasteiger partial charge is 0.434 e. The van der Waals surface area contributed by atoms with Gasteiger partial charge in [-0.05, 0) is 49.5 Å². The molecule has 2 aromatic rings. The van der Waals surface area contributed by atoms with Crippen LogP contribution >= 0.6 is 0 Å². The molecule has 0 aliphatic heterocycles. The Bertz CT molecular complexity index is 887. The minimum atomic E-state index is -4.82. The molecule has 0 spiro atoms. The van der Waals surface area contributed by atoms with Gasteiger partial charge in [0.2, 0.25) is 0 Å². The van der Waals surface area contributed by atoms with E-state index in [1.807, 2.05) is 0 Å². The van der Waals surface area contributed by atoms with Gasteiger partial charge in [-0.25, -0.2) is 14.5 Å². The van der Waals surface area contributed by atoms with Crippen molar-refractivity contribution >= 4 is 11.5 Å². The van der Waals surface area contributed by atoms with E-state index in [2.05, 4.69) is 10.1 Å². The molecule has 2 aromatic heterocycles. The Morgan fingerprint density at radius 3 is 2.78 bits per heavy atom. The van der Waals surface area contributed by atoms with Crippen LogP contribution in [0, 0.1) is 0 Å². The van der Waals surface area contributed by atoms with Gasteiger partial charge in [-0.15, -0.1) is 0 Å². The molecule has 0 unspecified atom stereocenters. The van der Waals surface area contributed by atoms with Gasteiger partial charge in [-0.2, -0.15) is 18.3 Å². The molecule has 2 heterocycles. The molecular formula is C18H18F3N3O3. The minimum absolute atomic E-state index is 0.0485. The van der Waals surface area contributed by atoms with Crippen LogP contribution in [0.1, 0.15) is 47.9 Å². The molecular weight excluding hydrogens is 363 g/mol. The fourth-order valence-electron chi connectivity index (χ4n) is 3.15. The quantitative estimate of drug-likeness (QED) is 0.804. The third-order valence-electron chi connectivity index (χ3n) is 4.32. The standard InChI is InChI=1S/C18H18F3N3O3/c1-2-27-17(26)13-9-22-24(16(13)18(19,20)21)15-8-4-7-14(23-15)12-6-3-5-11(12)10-25/h4,7-9,25H,2-3,5-6,10H2,1H3. The largest absolute Gasteiger partial charge is 0.462 e. The predicted octanol–water partition coefficient (Wildman–Crippen LogP) is 3.39. The van der Waals surface area contributed by atoms with Gasteiger partial charge >= 0.3 is 12.1 Å². The summed E-state index contributed by atoms with van der Waals surface area (Å²) < 4.78 is 46.1. The monoisotopic (exact) mass is 381 g/mol. The van der Waals surface area contributed by atoms with Crippen LogP contribution in [-0.4, -0.2) is 39.1 Å². The Morgan fingerprint density at radius 1 is 1.33 bits per heavy atom. The lowest BCUT2D eigenvalue weighted by atomic mass is 10.1. The molecule has 0 radical (unpaired) electrons. The van der Waals surface area contributed by atoms with Crippen molar-refractivity contribution in [2.24, 2.45) is 0 Å². The second kappa shape index (κ2) is 7.51. The second-order valence-corrected chi connectivity index (χ2v) is 6.01. The number of alkyl halides is 3. The summed E-state index contributed by atoms with van der Waals surface area (Å²) in [6.07, 6.45) is -1.69. The number of pyridine rings is 1. The van der Waals surface area contributed by atoms with E-state index in [4.69, 9.17) is 4.74 Å². The summed E-state index contributed by atoms with van der Waals surface area (Å²) in [5, 5.41) is 13.2. The van der Waals surface area contributed by atoms with Crippen molar-refractivity contribution in [1.29, 1.82) is 0 Å². The highest BCUT2D eigenvalue weighted by molar-refractivity contribution is 5.90. The number of allylic oxidation sites excluding steroid dienone is 1. The number of hydrogen-bond acceptors (Lipinski definition) is 5. The average molecular weight is 381 g/mol. The van der Waals surface area contributed by atoms with E-state index in [0.29, 0.717) is 16.8 Å². The third kappa shape index (κ3) is 3.73. The third-order valence-corrected chi connectivity index (χ3v) is 4.32. The van der Waals surface area contributed by atoms with E-state index >= 15 is 0 Å². The fourth-order valence-corrected chi connectivity index (χ4v) is 3.15. The van der Waals surface area contributed by atoms with Crippen LogP contribution in [0.3, 0.4) is 0 Å². The summed E-state index contributed by atoms with van der Waals surface area (Å²) in [6, 6.07) is 4.64. The maximum atomic E-state index is 13.6. The van der Waals surface area contributed by atoms with Crippen molar-refractivity contribution in [2.45, 2.75) is 32.4 Å². The first-order valence-corrected chi connectivity index (χ1v) is 8.48. The Labute approximate surface area is 153 Å². The van der Waals surface area contributed by atoms with Gasteiger partial charge in [0.15, 0.2) is 11.5 Å². The van der Waals surface area contributed by atoms with Crippen molar-refractivity contribution in [3.8, 4) is 5.82 Å². The molecule has 0 amide bonds. The van der Waals surface area contributed by atoms with Crippen molar-refractivity contribution in [2.75, 3.05) is 13.2 Å². The average Bonchev–Trinajstić information content (AvgIpc) is 3.28. The maximum absolute atomic E-state index is 13.6. The number of carbonyl (C=O) groups is 1. The van der Waals surface area contributed by atoms with Crippen molar-refractivity contribution in [1.82, 2.24) is 14.8 Å². The molecule has 6 nitrogen and oxygen atoms in total. The van der Waals surface area contributed by atoms with Crippen LogP contribution in [0.2, 0.25) is 0 Å². The molecule has 1 N–H and O–H groups in total. The zero-order valence-electron chi connectivity index (χ0n) is 14.6. The molecule has 0 fully saturated rings. The first-order chi connectivity index (χ1) is 12.9. The number of aliphatic hydroxyl groups is 1. The van der Waals surface area contributed by atoms with E-state index in [9.17, 15) is 23.1 Å². The van der Waals surface area contributed by atoms with Gasteiger partial charge in [0.05, 0.1) is 25.1 Å². The SMILES string of the molecule is CCOC(=O)c1cnn(-c2cccc(C3=C(CO)CCC3)n2)c1C(F)(F)F. The molecule has 0 atom stereocenters. The van der Waals surface area contributed by atoms with Crippen molar-refractivity contribution < 1.29 is 27.8 Å². The number of aromatic nitrogens is 3. The number of halogens is 3. The van der Waals surface area contributed by atoms with Crippen LogP contribution in [0.4, 0.5) is 13.2 Å². The van der Waals surface area contributed by atoms with Gasteiger partial charge in [0.1, 0.15) is 5.56 Å². The summed E-state index contributed by atoms with van der Waals surface area (Å²) in [5.41, 5.74) is 0.283. The van der Waals surface area contributed by atoms with Gasteiger partial charge in [0.25, 0.3) is 0 Å². The van der Waals surface area contributed by atoms with Crippen LogP contribution in [0.25, 0.3) is 11.4 Å². The number of hydrogen-bond donors (Lipinski definition) is 1. The number of aliphatic hydroxyl groups excluding tert-OH is 1. The molecule has 1 aliphatic carbocycles. The lowest BCUT2D eigenvalue weighted by Crippen LogP contribution is -2.19. The number of ether oxygens (including phenoxy) is 1. The Kier molecular flexibility index (Phi) is 5.31. The molecule has 27 heavy (non-hydrogen) atoms. The maximum Gasteiger partial charge on any atom is 0.434 e. The summed E-state index contributed by atoms with van der Waals surface area (Å²) in [6.45, 7) is 1.35. The first-order valence-electron chi connectivity index (χ1n) is 8.48. The normalized spacial score (nSPS) is 14.7. The highest BCUT2D eigenvalue weighted by Gasteiger charge is 2.41. The van der Waals surface area contributed by atoms with Gasteiger partial charge in [-0.1, -0.05) is 6.07 Å². The van der Waals surface area contributed by atoms with Crippen molar-refractivity contribution in [3.63, 3.8) is 0 Å². The van der Waals surface area contributed by atoms with E-state index < -0.39 is 23.4 Å². The van der Waals surface area contributed by atoms with Crippen LogP contribution in [-0.2, 0) is 10.9 Å². The Balaban J connectivity index is 2.10. The molecule has 0 saturated heterocycles. The number of nitrogens with zero attached hydrogens (tertiary/aromatic N) is 3. The first kappa shape index (κ1) is 19.1. The topological polar surface area (TPSA) is 77.2 Å². The van der Waals surface area contributed by atoms with Crippen LogP contribution in [0.15, 0.2) is 30.0 Å². The molecule has 3 rings (SSSR count). The van der Waals surface area contributed by atoms with Crippen LogP contribution < -0.4 is 0 Å². The molecule has 144 valence electrons. The molecule has 0 bridgehead atoms. The molecule has 1 aliphatic rings. The fraction of sp³-hybridized carbons (Fsp3) is 0.389. The lowest BCUT2D eigenvalue weighted by Gasteiger charge is -2.13. The van der Waals surface area contributed by atoms with E-state index in [-0.39, 0.29) is 19.0 Å².